The van der Waals surface area contributed by atoms with Gasteiger partial charge in [0.25, 0.3) is 0 Å². The highest BCUT2D eigenvalue weighted by atomic mass is 16.3. The summed E-state index contributed by atoms with van der Waals surface area (Å²) in [7, 11) is 0. The van der Waals surface area contributed by atoms with Crippen molar-refractivity contribution in [3.8, 4) is 5.75 Å². The first-order valence-electron chi connectivity index (χ1n) is 3.54. The van der Waals surface area contributed by atoms with Crippen LogP contribution in [-0.2, 0) is 0 Å². The fourth-order valence-electron chi connectivity index (χ4n) is 0.562. The first-order chi connectivity index (χ1) is 5.20. The van der Waals surface area contributed by atoms with Gasteiger partial charge in [-0.3, -0.25) is 0 Å². The van der Waals surface area contributed by atoms with Gasteiger partial charge in [-0.05, 0) is 12.1 Å². The minimum absolute atomic E-state index is 0.140. The molecule has 0 aliphatic rings. The lowest BCUT2D eigenvalue weighted by atomic mass is 10.3. The Morgan fingerprint density at radius 3 is 2.00 bits per heavy atom. The molecule has 1 aromatic carbocycles. The van der Waals surface area contributed by atoms with Gasteiger partial charge < -0.3 is 16.6 Å². The maximum Gasteiger partial charge on any atom is 0.117 e. The minimum atomic E-state index is 0.140. The van der Waals surface area contributed by atoms with E-state index in [1.165, 1.54) is 12.1 Å². The lowest BCUT2D eigenvalue weighted by molar-refractivity contribution is 0.476. The summed E-state index contributed by atoms with van der Waals surface area (Å²) in [6.45, 7) is 4.00. The highest BCUT2D eigenvalue weighted by molar-refractivity contribution is 5.64. The Morgan fingerprint density at radius 2 is 1.64 bits per heavy atom. The lowest BCUT2D eigenvalue weighted by Crippen LogP contribution is -1.92. The summed E-state index contributed by atoms with van der Waals surface area (Å²) in [6.07, 6.45) is 0. The van der Waals surface area contributed by atoms with Crippen LogP contribution in [0.2, 0.25) is 0 Å². The van der Waals surface area contributed by atoms with E-state index in [-0.39, 0.29) is 5.75 Å². The number of nitrogens with two attached hydrogens (primary N) is 2. The van der Waals surface area contributed by atoms with Crippen molar-refractivity contribution in [2.45, 2.75) is 13.8 Å². The van der Waals surface area contributed by atoms with Gasteiger partial charge in [-0.2, -0.15) is 0 Å². The van der Waals surface area contributed by atoms with Crippen LogP contribution < -0.4 is 11.5 Å². The molecule has 0 aliphatic heterocycles. The average Bonchev–Trinajstić information content (AvgIpc) is 2.02. The van der Waals surface area contributed by atoms with Crippen LogP contribution in [0.3, 0.4) is 0 Å². The van der Waals surface area contributed by atoms with Crippen LogP contribution >= 0.6 is 0 Å². The summed E-state index contributed by atoms with van der Waals surface area (Å²) >= 11 is 0. The van der Waals surface area contributed by atoms with Crippen LogP contribution in [0.15, 0.2) is 18.2 Å². The molecule has 0 saturated heterocycles. The number of hydrogen-bond acceptors (Lipinski definition) is 3. The molecule has 0 atom stereocenters. The first-order valence-corrected chi connectivity index (χ1v) is 3.54. The molecule has 0 bridgehead atoms. The van der Waals surface area contributed by atoms with E-state index >= 15 is 0 Å². The van der Waals surface area contributed by atoms with E-state index in [4.69, 9.17) is 16.6 Å². The maximum atomic E-state index is 8.80. The van der Waals surface area contributed by atoms with Gasteiger partial charge in [0.1, 0.15) is 5.75 Å². The second kappa shape index (κ2) is 4.44. The van der Waals surface area contributed by atoms with Crippen molar-refractivity contribution < 1.29 is 5.11 Å². The number of phenolic OH excluding ortho intramolecular Hbond substituents is 1. The number of anilines is 2. The fourth-order valence-corrected chi connectivity index (χ4v) is 0.562. The zero-order valence-electron chi connectivity index (χ0n) is 6.83. The van der Waals surface area contributed by atoms with Crippen LogP contribution in [0.25, 0.3) is 0 Å². The number of rotatable bonds is 0. The van der Waals surface area contributed by atoms with Gasteiger partial charge in [0, 0.05) is 6.07 Å². The second-order valence-electron chi connectivity index (χ2n) is 1.81. The molecule has 0 fully saturated rings. The average molecular weight is 154 g/mol. The zero-order chi connectivity index (χ0) is 8.85. The third-order valence-electron chi connectivity index (χ3n) is 1.07. The zero-order valence-corrected chi connectivity index (χ0v) is 6.83. The predicted molar refractivity (Wildman–Crippen MR) is 48.3 cm³/mol. The quantitative estimate of drug-likeness (QED) is 0.392. The third kappa shape index (κ3) is 2.80. The van der Waals surface area contributed by atoms with Crippen molar-refractivity contribution in [1.29, 1.82) is 0 Å². The Bertz CT molecular complexity index is 223. The molecule has 5 N–H and O–H groups in total. The summed E-state index contributed by atoms with van der Waals surface area (Å²) in [5.74, 6) is 0.140. The Labute approximate surface area is 66.6 Å². The number of phenols is 1. The molecular weight excluding hydrogens is 140 g/mol. The molecule has 3 nitrogen and oxygen atoms in total. The molecule has 0 radical (unpaired) electrons. The van der Waals surface area contributed by atoms with Gasteiger partial charge in [0.2, 0.25) is 0 Å². The molecule has 1 rings (SSSR count). The third-order valence-corrected chi connectivity index (χ3v) is 1.07. The van der Waals surface area contributed by atoms with E-state index in [0.717, 1.165) is 0 Å². The molecule has 0 heterocycles. The summed E-state index contributed by atoms with van der Waals surface area (Å²) in [6, 6.07) is 4.46. The van der Waals surface area contributed by atoms with Crippen LogP contribution in [0.5, 0.6) is 5.75 Å². The largest absolute Gasteiger partial charge is 0.508 e. The van der Waals surface area contributed by atoms with Crippen LogP contribution in [0.4, 0.5) is 11.4 Å². The molecule has 1 aromatic rings. The molecule has 0 aromatic heterocycles. The number of nitrogen functional groups attached to an aromatic ring is 2. The monoisotopic (exact) mass is 154 g/mol. The van der Waals surface area contributed by atoms with Gasteiger partial charge in [0.05, 0.1) is 11.4 Å². The van der Waals surface area contributed by atoms with E-state index in [1.807, 2.05) is 13.8 Å². The first kappa shape index (κ1) is 9.62. The Hall–Kier alpha value is -1.38. The van der Waals surface area contributed by atoms with Crippen LogP contribution in [0, 0.1) is 0 Å². The van der Waals surface area contributed by atoms with Crippen molar-refractivity contribution in [2.75, 3.05) is 11.5 Å². The van der Waals surface area contributed by atoms with Crippen LogP contribution in [0.1, 0.15) is 13.8 Å². The summed E-state index contributed by atoms with van der Waals surface area (Å²) in [4.78, 5) is 0. The molecule has 0 spiro atoms. The normalized spacial score (nSPS) is 8.18. The van der Waals surface area contributed by atoms with E-state index in [2.05, 4.69) is 0 Å². The van der Waals surface area contributed by atoms with E-state index in [1.54, 1.807) is 6.07 Å². The SMILES string of the molecule is CC.Nc1ccc(O)cc1N. The number of benzene rings is 1. The second-order valence-corrected chi connectivity index (χ2v) is 1.81. The molecule has 0 saturated carbocycles. The topological polar surface area (TPSA) is 72.3 Å². The summed E-state index contributed by atoms with van der Waals surface area (Å²) < 4.78 is 0. The molecule has 0 aliphatic carbocycles. The molecule has 11 heavy (non-hydrogen) atoms. The van der Waals surface area contributed by atoms with Crippen molar-refractivity contribution in [3.05, 3.63) is 18.2 Å². The van der Waals surface area contributed by atoms with Crippen molar-refractivity contribution in [1.82, 2.24) is 0 Å². The molecule has 0 amide bonds. The molecule has 0 unspecified atom stereocenters. The maximum absolute atomic E-state index is 8.80. The summed E-state index contributed by atoms with van der Waals surface area (Å²) in [5, 5.41) is 8.80. The van der Waals surface area contributed by atoms with E-state index < -0.39 is 0 Å². The fraction of sp³-hybridized carbons (Fsp3) is 0.250. The number of aromatic hydroxyl groups is 1. The molecule has 3 heteroatoms. The van der Waals surface area contributed by atoms with E-state index in [0.29, 0.717) is 11.4 Å². The van der Waals surface area contributed by atoms with Crippen molar-refractivity contribution in [3.63, 3.8) is 0 Å². The van der Waals surface area contributed by atoms with Gasteiger partial charge in [-0.25, -0.2) is 0 Å². The minimum Gasteiger partial charge on any atom is -0.508 e. The van der Waals surface area contributed by atoms with Gasteiger partial charge in [-0.15, -0.1) is 0 Å². The highest BCUT2D eigenvalue weighted by Gasteiger charge is 1.92. The molecular formula is C8H14N2O. The van der Waals surface area contributed by atoms with Crippen molar-refractivity contribution >= 4 is 11.4 Å². The van der Waals surface area contributed by atoms with Gasteiger partial charge in [-0.1, -0.05) is 13.8 Å². The van der Waals surface area contributed by atoms with Crippen molar-refractivity contribution in [2.24, 2.45) is 0 Å². The predicted octanol–water partition coefficient (Wildman–Crippen LogP) is 1.58. The number of hydrogen-bond donors (Lipinski definition) is 3. The Balaban J connectivity index is 0.000000461. The lowest BCUT2D eigenvalue weighted by Gasteiger charge is -1.97. The Kier molecular flexibility index (Phi) is 3.88. The molecule has 62 valence electrons. The highest BCUT2D eigenvalue weighted by Crippen LogP contribution is 2.19. The standard InChI is InChI=1S/C6H8N2O.C2H6/c7-5-2-1-4(9)3-6(5)8;1-2/h1-3,9H,7-8H2;1-2H3. The van der Waals surface area contributed by atoms with Crippen LogP contribution in [-0.4, -0.2) is 5.11 Å². The summed E-state index contributed by atoms with van der Waals surface area (Å²) in [5.41, 5.74) is 11.6. The smallest absolute Gasteiger partial charge is 0.117 e. The van der Waals surface area contributed by atoms with Gasteiger partial charge in [0.15, 0.2) is 0 Å². The van der Waals surface area contributed by atoms with E-state index in [9.17, 15) is 0 Å². The van der Waals surface area contributed by atoms with Gasteiger partial charge >= 0.3 is 0 Å². The Morgan fingerprint density at radius 1 is 1.09 bits per heavy atom.